The van der Waals surface area contributed by atoms with E-state index in [2.05, 4.69) is 13.0 Å². The highest BCUT2D eigenvalue weighted by Gasteiger charge is 2.29. The molecule has 2 heteroatoms. The number of anilines is 1. The quantitative estimate of drug-likeness (QED) is 0.726. The first-order chi connectivity index (χ1) is 7.14. The maximum absolute atomic E-state index is 6.39. The van der Waals surface area contributed by atoms with Gasteiger partial charge in [-0.05, 0) is 42.9 Å². The maximum Gasteiger partial charge on any atom is 0.0349 e. The Bertz CT molecular complexity index is 360. The van der Waals surface area contributed by atoms with Crippen molar-refractivity contribution in [2.45, 2.75) is 44.6 Å². The van der Waals surface area contributed by atoms with Crippen molar-refractivity contribution < 1.29 is 0 Å². The van der Waals surface area contributed by atoms with Crippen LogP contribution in [0, 0.1) is 0 Å². The molecule has 15 heavy (non-hydrogen) atoms. The minimum Gasteiger partial charge on any atom is -0.398 e. The summed E-state index contributed by atoms with van der Waals surface area (Å²) in [5.41, 5.74) is 16.0. The normalized spacial score (nSPS) is 24.9. The summed E-state index contributed by atoms with van der Waals surface area (Å²) in [5.74, 6) is 0. The molecule has 82 valence electrons. The molecule has 1 unspecified atom stereocenters. The molecule has 1 aromatic rings. The van der Waals surface area contributed by atoms with Crippen molar-refractivity contribution in [3.05, 3.63) is 29.3 Å². The average Bonchev–Trinajstić information content (AvgIpc) is 2.17. The molecule has 0 radical (unpaired) electrons. The molecule has 0 aromatic heterocycles. The fourth-order valence-electron chi connectivity index (χ4n) is 2.68. The maximum atomic E-state index is 6.39. The molecule has 0 spiro atoms. The lowest BCUT2D eigenvalue weighted by Crippen LogP contribution is -2.45. The van der Waals surface area contributed by atoms with Gasteiger partial charge in [0.15, 0.2) is 0 Å². The highest BCUT2D eigenvalue weighted by atomic mass is 14.7. The molecule has 2 nitrogen and oxygen atoms in total. The van der Waals surface area contributed by atoms with Crippen LogP contribution in [0.5, 0.6) is 0 Å². The van der Waals surface area contributed by atoms with Gasteiger partial charge in [-0.1, -0.05) is 25.5 Å². The van der Waals surface area contributed by atoms with Crippen molar-refractivity contribution in [1.82, 2.24) is 0 Å². The van der Waals surface area contributed by atoms with E-state index in [0.717, 1.165) is 37.8 Å². The molecule has 0 aliphatic heterocycles. The van der Waals surface area contributed by atoms with Crippen LogP contribution in [-0.2, 0) is 12.8 Å². The van der Waals surface area contributed by atoms with Gasteiger partial charge < -0.3 is 11.5 Å². The monoisotopic (exact) mass is 204 g/mol. The first kappa shape index (κ1) is 10.5. The Morgan fingerprint density at radius 1 is 1.40 bits per heavy atom. The van der Waals surface area contributed by atoms with Crippen LogP contribution >= 0.6 is 0 Å². The van der Waals surface area contributed by atoms with Gasteiger partial charge in [0.1, 0.15) is 0 Å². The Kier molecular flexibility index (Phi) is 2.70. The van der Waals surface area contributed by atoms with E-state index in [1.807, 2.05) is 12.1 Å². The molecule has 4 N–H and O–H groups in total. The number of hydrogen-bond acceptors (Lipinski definition) is 2. The summed E-state index contributed by atoms with van der Waals surface area (Å²) in [4.78, 5) is 0. The summed E-state index contributed by atoms with van der Waals surface area (Å²) in [5, 5.41) is 0. The van der Waals surface area contributed by atoms with Crippen LogP contribution in [-0.4, -0.2) is 5.54 Å². The second kappa shape index (κ2) is 3.86. The van der Waals surface area contributed by atoms with Crippen molar-refractivity contribution in [2.24, 2.45) is 5.73 Å². The summed E-state index contributed by atoms with van der Waals surface area (Å²) in [6.45, 7) is 2.20. The Balaban J connectivity index is 2.27. The molecule has 0 saturated heterocycles. The molecular weight excluding hydrogens is 184 g/mol. The molecule has 0 amide bonds. The zero-order valence-corrected chi connectivity index (χ0v) is 9.42. The highest BCUT2D eigenvalue weighted by molar-refractivity contribution is 5.52. The average molecular weight is 204 g/mol. The molecule has 2 rings (SSSR count). The molecule has 1 aromatic carbocycles. The summed E-state index contributed by atoms with van der Waals surface area (Å²) in [6, 6.07) is 6.19. The lowest BCUT2D eigenvalue weighted by molar-refractivity contribution is 0.343. The van der Waals surface area contributed by atoms with E-state index >= 15 is 0 Å². The van der Waals surface area contributed by atoms with Gasteiger partial charge in [-0.15, -0.1) is 0 Å². The van der Waals surface area contributed by atoms with Gasteiger partial charge in [0.25, 0.3) is 0 Å². The van der Waals surface area contributed by atoms with E-state index in [1.54, 1.807) is 0 Å². The SMILES string of the molecule is CCCC1(N)CCc2c(N)cccc2C1. The van der Waals surface area contributed by atoms with Crippen LogP contribution in [0.2, 0.25) is 0 Å². The lowest BCUT2D eigenvalue weighted by Gasteiger charge is -2.35. The Morgan fingerprint density at radius 3 is 2.93 bits per heavy atom. The first-order valence-corrected chi connectivity index (χ1v) is 5.80. The zero-order chi connectivity index (χ0) is 10.9. The largest absolute Gasteiger partial charge is 0.398 e. The van der Waals surface area contributed by atoms with E-state index in [0.29, 0.717) is 0 Å². The summed E-state index contributed by atoms with van der Waals surface area (Å²) < 4.78 is 0. The molecule has 0 fully saturated rings. The van der Waals surface area contributed by atoms with E-state index in [-0.39, 0.29) is 5.54 Å². The van der Waals surface area contributed by atoms with Gasteiger partial charge in [0, 0.05) is 11.2 Å². The van der Waals surface area contributed by atoms with E-state index in [4.69, 9.17) is 11.5 Å². The van der Waals surface area contributed by atoms with E-state index < -0.39 is 0 Å². The predicted molar refractivity (Wildman–Crippen MR) is 64.7 cm³/mol. The topological polar surface area (TPSA) is 52.0 Å². The van der Waals surface area contributed by atoms with Crippen LogP contribution in [0.3, 0.4) is 0 Å². The van der Waals surface area contributed by atoms with Crippen LogP contribution < -0.4 is 11.5 Å². The summed E-state index contributed by atoms with van der Waals surface area (Å²) in [7, 11) is 0. The van der Waals surface area contributed by atoms with Gasteiger partial charge in [-0.25, -0.2) is 0 Å². The van der Waals surface area contributed by atoms with Gasteiger partial charge in [0.2, 0.25) is 0 Å². The molecule has 1 aliphatic rings. The second-order valence-corrected chi connectivity index (χ2v) is 4.77. The van der Waals surface area contributed by atoms with Gasteiger partial charge in [0.05, 0.1) is 0 Å². The van der Waals surface area contributed by atoms with Gasteiger partial charge in [-0.2, -0.15) is 0 Å². The fraction of sp³-hybridized carbons (Fsp3) is 0.538. The highest BCUT2D eigenvalue weighted by Crippen LogP contribution is 2.32. The van der Waals surface area contributed by atoms with Crippen molar-refractivity contribution in [1.29, 1.82) is 0 Å². The summed E-state index contributed by atoms with van der Waals surface area (Å²) in [6.07, 6.45) is 5.37. The third-order valence-corrected chi connectivity index (χ3v) is 3.47. The Labute approximate surface area is 91.7 Å². The minimum absolute atomic E-state index is 0.00947. The van der Waals surface area contributed by atoms with Crippen LogP contribution in [0.1, 0.15) is 37.3 Å². The van der Waals surface area contributed by atoms with E-state index in [9.17, 15) is 0 Å². The Morgan fingerprint density at radius 2 is 2.20 bits per heavy atom. The first-order valence-electron chi connectivity index (χ1n) is 5.80. The number of nitrogens with two attached hydrogens (primary N) is 2. The second-order valence-electron chi connectivity index (χ2n) is 4.77. The minimum atomic E-state index is 0.00947. The zero-order valence-electron chi connectivity index (χ0n) is 9.42. The van der Waals surface area contributed by atoms with Gasteiger partial charge >= 0.3 is 0 Å². The molecule has 0 heterocycles. The molecule has 1 aliphatic carbocycles. The van der Waals surface area contributed by atoms with Crippen LogP contribution in [0.15, 0.2) is 18.2 Å². The molecule has 0 saturated carbocycles. The third-order valence-electron chi connectivity index (χ3n) is 3.47. The van der Waals surface area contributed by atoms with Gasteiger partial charge in [-0.3, -0.25) is 0 Å². The number of hydrogen-bond donors (Lipinski definition) is 2. The lowest BCUT2D eigenvalue weighted by atomic mass is 9.76. The smallest absolute Gasteiger partial charge is 0.0349 e. The van der Waals surface area contributed by atoms with Crippen molar-refractivity contribution >= 4 is 5.69 Å². The van der Waals surface area contributed by atoms with Crippen molar-refractivity contribution in [3.63, 3.8) is 0 Å². The van der Waals surface area contributed by atoms with Crippen molar-refractivity contribution in [2.75, 3.05) is 5.73 Å². The number of fused-ring (bicyclic) bond motifs is 1. The number of rotatable bonds is 2. The molecule has 0 bridgehead atoms. The number of nitrogen functional groups attached to an aromatic ring is 1. The van der Waals surface area contributed by atoms with Crippen molar-refractivity contribution in [3.8, 4) is 0 Å². The molecular formula is C13H20N2. The van der Waals surface area contributed by atoms with E-state index in [1.165, 1.54) is 11.1 Å². The Hall–Kier alpha value is -1.02. The molecule has 1 atom stereocenters. The predicted octanol–water partition coefficient (Wildman–Crippen LogP) is 2.26. The van der Waals surface area contributed by atoms with Crippen LogP contribution in [0.4, 0.5) is 5.69 Å². The standard InChI is InChI=1S/C13H20N2/c1-2-7-13(15)8-6-11-10(9-13)4-3-5-12(11)14/h3-5H,2,6-9,14-15H2,1H3. The fourth-order valence-corrected chi connectivity index (χ4v) is 2.68. The summed E-state index contributed by atoms with van der Waals surface area (Å²) >= 11 is 0. The number of benzene rings is 1. The van der Waals surface area contributed by atoms with Crippen LogP contribution in [0.25, 0.3) is 0 Å². The third kappa shape index (κ3) is 2.00.